The van der Waals surface area contributed by atoms with Gasteiger partial charge in [-0.1, -0.05) is 25.1 Å². The largest absolute Gasteiger partial charge is 0.324 e. The predicted molar refractivity (Wildman–Crippen MR) is 63.9 cm³/mol. The van der Waals surface area contributed by atoms with E-state index < -0.39 is 0 Å². The molecule has 4 nitrogen and oxygen atoms in total. The van der Waals surface area contributed by atoms with Crippen LogP contribution in [0.15, 0.2) is 30.3 Å². The number of benzene rings is 1. The van der Waals surface area contributed by atoms with E-state index in [0.29, 0.717) is 11.8 Å². The molecule has 1 N–H and O–H groups in total. The van der Waals surface area contributed by atoms with Gasteiger partial charge in [0.2, 0.25) is 11.2 Å². The molecule has 2 aromatic rings. The molecule has 82 valence electrons. The lowest BCUT2D eigenvalue weighted by Crippen LogP contribution is -2.02. The van der Waals surface area contributed by atoms with E-state index in [-0.39, 0.29) is 5.28 Å². The smallest absolute Gasteiger partial charge is 0.231 e. The molecule has 0 spiro atoms. The SMILES string of the molecule is CCc1nc(Cl)nc(Nc2ccccc2)n1. The fourth-order valence-corrected chi connectivity index (χ4v) is 1.43. The number of hydrogen-bond donors (Lipinski definition) is 1. The van der Waals surface area contributed by atoms with E-state index in [9.17, 15) is 0 Å². The van der Waals surface area contributed by atoms with Gasteiger partial charge in [-0.15, -0.1) is 0 Å². The van der Waals surface area contributed by atoms with Crippen LogP contribution in [0.4, 0.5) is 11.6 Å². The molecule has 0 saturated heterocycles. The number of halogens is 1. The first-order valence-corrected chi connectivity index (χ1v) is 5.38. The van der Waals surface area contributed by atoms with Crippen LogP contribution in [0.2, 0.25) is 5.28 Å². The Bertz CT molecular complexity index is 473. The van der Waals surface area contributed by atoms with Crippen molar-refractivity contribution in [1.29, 1.82) is 0 Å². The van der Waals surface area contributed by atoms with Crippen LogP contribution >= 0.6 is 11.6 Å². The van der Waals surface area contributed by atoms with Crippen LogP contribution in [0.1, 0.15) is 12.7 Å². The van der Waals surface area contributed by atoms with Crippen LogP contribution in [-0.4, -0.2) is 15.0 Å². The van der Waals surface area contributed by atoms with Gasteiger partial charge in [0, 0.05) is 12.1 Å². The summed E-state index contributed by atoms with van der Waals surface area (Å²) in [6.45, 7) is 1.97. The van der Waals surface area contributed by atoms with Crippen molar-refractivity contribution >= 4 is 23.2 Å². The number of para-hydroxylation sites is 1. The van der Waals surface area contributed by atoms with Gasteiger partial charge in [-0.05, 0) is 23.7 Å². The third-order valence-corrected chi connectivity index (χ3v) is 2.17. The molecule has 0 saturated carbocycles. The number of nitrogens with zero attached hydrogens (tertiary/aromatic N) is 3. The molecule has 0 bridgehead atoms. The van der Waals surface area contributed by atoms with Crippen molar-refractivity contribution < 1.29 is 0 Å². The lowest BCUT2D eigenvalue weighted by molar-refractivity contribution is 0.904. The maximum Gasteiger partial charge on any atom is 0.231 e. The Kier molecular flexibility index (Phi) is 3.31. The summed E-state index contributed by atoms with van der Waals surface area (Å²) in [7, 11) is 0. The summed E-state index contributed by atoms with van der Waals surface area (Å²) in [4.78, 5) is 12.2. The van der Waals surface area contributed by atoms with Gasteiger partial charge in [0.25, 0.3) is 0 Å². The highest BCUT2D eigenvalue weighted by Gasteiger charge is 2.03. The molecule has 0 aliphatic rings. The lowest BCUT2D eigenvalue weighted by Gasteiger charge is -2.05. The fraction of sp³-hybridized carbons (Fsp3) is 0.182. The zero-order valence-corrected chi connectivity index (χ0v) is 9.57. The van der Waals surface area contributed by atoms with E-state index in [4.69, 9.17) is 11.6 Å². The first kappa shape index (κ1) is 10.8. The Morgan fingerprint density at radius 3 is 2.56 bits per heavy atom. The van der Waals surface area contributed by atoms with Gasteiger partial charge >= 0.3 is 0 Å². The van der Waals surface area contributed by atoms with Crippen molar-refractivity contribution in [2.45, 2.75) is 13.3 Å². The second-order valence-electron chi connectivity index (χ2n) is 3.19. The average molecular weight is 235 g/mol. The molecule has 1 aromatic carbocycles. The Balaban J connectivity index is 2.24. The fourth-order valence-electron chi connectivity index (χ4n) is 1.26. The van der Waals surface area contributed by atoms with Crippen LogP contribution in [0.3, 0.4) is 0 Å². The maximum atomic E-state index is 5.79. The molecular weight excluding hydrogens is 224 g/mol. The molecule has 0 aliphatic heterocycles. The van der Waals surface area contributed by atoms with Crippen molar-refractivity contribution in [2.24, 2.45) is 0 Å². The minimum absolute atomic E-state index is 0.213. The molecular formula is C11H11ClN4. The van der Waals surface area contributed by atoms with Crippen molar-refractivity contribution in [2.75, 3.05) is 5.32 Å². The third kappa shape index (κ3) is 2.67. The Morgan fingerprint density at radius 2 is 1.88 bits per heavy atom. The zero-order valence-electron chi connectivity index (χ0n) is 8.81. The highest BCUT2D eigenvalue weighted by Crippen LogP contribution is 2.13. The summed E-state index contributed by atoms with van der Waals surface area (Å²) in [5.74, 6) is 1.15. The second kappa shape index (κ2) is 4.90. The van der Waals surface area contributed by atoms with E-state index in [1.165, 1.54) is 0 Å². The Hall–Kier alpha value is -1.68. The molecule has 1 heterocycles. The molecule has 1 aromatic heterocycles. The van der Waals surface area contributed by atoms with E-state index in [2.05, 4.69) is 20.3 Å². The molecule has 16 heavy (non-hydrogen) atoms. The zero-order chi connectivity index (χ0) is 11.4. The molecule has 0 fully saturated rings. The summed E-state index contributed by atoms with van der Waals surface area (Å²) in [6, 6.07) is 9.69. The summed E-state index contributed by atoms with van der Waals surface area (Å²) in [6.07, 6.45) is 0.728. The number of aromatic nitrogens is 3. The van der Waals surface area contributed by atoms with Gasteiger partial charge in [0.15, 0.2) is 0 Å². The van der Waals surface area contributed by atoms with Gasteiger partial charge in [-0.3, -0.25) is 0 Å². The van der Waals surface area contributed by atoms with E-state index in [0.717, 1.165) is 12.1 Å². The van der Waals surface area contributed by atoms with Crippen LogP contribution in [0, 0.1) is 0 Å². The second-order valence-corrected chi connectivity index (χ2v) is 3.53. The molecule has 5 heteroatoms. The number of hydrogen-bond acceptors (Lipinski definition) is 4. The minimum Gasteiger partial charge on any atom is -0.324 e. The maximum absolute atomic E-state index is 5.79. The normalized spacial score (nSPS) is 10.1. The molecule has 0 radical (unpaired) electrons. The lowest BCUT2D eigenvalue weighted by atomic mass is 10.3. The molecule has 0 unspecified atom stereocenters. The average Bonchev–Trinajstić information content (AvgIpc) is 2.29. The molecule has 0 atom stereocenters. The highest BCUT2D eigenvalue weighted by molar-refractivity contribution is 6.28. The summed E-state index contributed by atoms with van der Waals surface area (Å²) < 4.78 is 0. The summed E-state index contributed by atoms with van der Waals surface area (Å²) in [5, 5.41) is 3.29. The molecule has 2 rings (SSSR count). The predicted octanol–water partition coefficient (Wildman–Crippen LogP) is 2.83. The van der Waals surface area contributed by atoms with Gasteiger partial charge in [-0.2, -0.15) is 9.97 Å². The van der Waals surface area contributed by atoms with E-state index >= 15 is 0 Å². The number of nitrogens with one attached hydrogen (secondary N) is 1. The van der Waals surface area contributed by atoms with Crippen molar-refractivity contribution in [1.82, 2.24) is 15.0 Å². The van der Waals surface area contributed by atoms with Crippen molar-refractivity contribution in [3.63, 3.8) is 0 Å². The van der Waals surface area contributed by atoms with Crippen molar-refractivity contribution in [3.8, 4) is 0 Å². The van der Waals surface area contributed by atoms with E-state index in [1.807, 2.05) is 37.3 Å². The first-order valence-electron chi connectivity index (χ1n) is 5.00. The summed E-state index contributed by atoms with van der Waals surface area (Å²) in [5.41, 5.74) is 0.923. The van der Waals surface area contributed by atoms with Crippen LogP contribution in [0.5, 0.6) is 0 Å². The topological polar surface area (TPSA) is 50.7 Å². The third-order valence-electron chi connectivity index (χ3n) is 2.00. The Labute approximate surface area is 98.7 Å². The van der Waals surface area contributed by atoms with Crippen LogP contribution < -0.4 is 5.32 Å². The van der Waals surface area contributed by atoms with Crippen molar-refractivity contribution in [3.05, 3.63) is 41.4 Å². The highest BCUT2D eigenvalue weighted by atomic mass is 35.5. The number of aryl methyl sites for hydroxylation is 1. The van der Waals surface area contributed by atoms with Gasteiger partial charge in [0.1, 0.15) is 5.82 Å². The van der Waals surface area contributed by atoms with Crippen LogP contribution in [-0.2, 0) is 6.42 Å². The first-order chi connectivity index (χ1) is 7.78. The quantitative estimate of drug-likeness (QED) is 0.887. The molecule has 0 aliphatic carbocycles. The van der Waals surface area contributed by atoms with Gasteiger partial charge < -0.3 is 5.32 Å². The Morgan fingerprint density at radius 1 is 1.12 bits per heavy atom. The molecule has 0 amide bonds. The monoisotopic (exact) mass is 234 g/mol. The van der Waals surface area contributed by atoms with Gasteiger partial charge in [-0.25, -0.2) is 4.98 Å². The number of anilines is 2. The number of rotatable bonds is 3. The standard InChI is InChI=1S/C11H11ClN4/c1-2-9-14-10(12)16-11(15-9)13-8-6-4-3-5-7-8/h3-7H,2H2,1H3,(H,13,14,15,16). The van der Waals surface area contributed by atoms with Crippen LogP contribution in [0.25, 0.3) is 0 Å². The van der Waals surface area contributed by atoms with E-state index in [1.54, 1.807) is 0 Å². The van der Waals surface area contributed by atoms with Gasteiger partial charge in [0.05, 0.1) is 0 Å². The summed E-state index contributed by atoms with van der Waals surface area (Å²) >= 11 is 5.79. The minimum atomic E-state index is 0.213.